The van der Waals surface area contributed by atoms with Crippen molar-refractivity contribution < 1.29 is 4.79 Å². The first-order valence-electron chi connectivity index (χ1n) is 6.22. The molecule has 1 unspecified atom stereocenters. The maximum absolute atomic E-state index is 12.3. The van der Waals surface area contributed by atoms with Crippen LogP contribution in [0.2, 0.25) is 0 Å². The zero-order valence-electron chi connectivity index (χ0n) is 10.8. The largest absolute Gasteiger partial charge is 0.330 e. The highest BCUT2D eigenvalue weighted by Gasteiger charge is 2.22. The predicted molar refractivity (Wildman–Crippen MR) is 73.5 cm³/mol. The summed E-state index contributed by atoms with van der Waals surface area (Å²) in [6.07, 6.45) is 1.65. The number of nitrogens with zero attached hydrogens (tertiary/aromatic N) is 1. The number of nitrogens with two attached hydrogens (primary N) is 1. The molecule has 2 N–H and O–H groups in total. The van der Waals surface area contributed by atoms with Crippen LogP contribution in [-0.2, 0) is 0 Å². The Morgan fingerprint density at radius 3 is 2.72 bits per heavy atom. The highest BCUT2D eigenvalue weighted by Crippen LogP contribution is 2.19. The van der Waals surface area contributed by atoms with Gasteiger partial charge in [0, 0.05) is 29.6 Å². The van der Waals surface area contributed by atoms with E-state index in [0.717, 1.165) is 10.9 Å². The van der Waals surface area contributed by atoms with Gasteiger partial charge in [0.2, 0.25) is 0 Å². The van der Waals surface area contributed by atoms with Crippen LogP contribution in [0.3, 0.4) is 0 Å². The normalized spacial score (nSPS) is 12.9. The van der Waals surface area contributed by atoms with E-state index in [1.807, 2.05) is 44.2 Å². The van der Waals surface area contributed by atoms with Crippen molar-refractivity contribution in [3.05, 3.63) is 42.1 Å². The second-order valence-corrected chi connectivity index (χ2v) is 4.87. The lowest BCUT2D eigenvalue weighted by molar-refractivity contribution is 0.0892. The third kappa shape index (κ3) is 2.41. The number of carbonyl (C=O) groups is 1. The molecule has 0 aliphatic rings. The molecule has 0 bridgehead atoms. The van der Waals surface area contributed by atoms with E-state index in [0.29, 0.717) is 12.1 Å². The van der Waals surface area contributed by atoms with E-state index in [1.165, 1.54) is 0 Å². The van der Waals surface area contributed by atoms with Crippen molar-refractivity contribution in [1.29, 1.82) is 0 Å². The van der Waals surface area contributed by atoms with Crippen LogP contribution in [0.25, 0.3) is 10.9 Å². The van der Waals surface area contributed by atoms with Gasteiger partial charge < -0.3 is 5.73 Å². The first kappa shape index (κ1) is 12.7. The van der Waals surface area contributed by atoms with Gasteiger partial charge in [-0.1, -0.05) is 32.0 Å². The quantitative estimate of drug-likeness (QED) is 0.838. The van der Waals surface area contributed by atoms with E-state index in [4.69, 9.17) is 5.73 Å². The summed E-state index contributed by atoms with van der Waals surface area (Å²) in [4.78, 5) is 16.7. The Morgan fingerprint density at radius 2 is 2.06 bits per heavy atom. The third-order valence-electron chi connectivity index (χ3n) is 3.27. The number of benzene rings is 1. The molecule has 0 aliphatic heterocycles. The lowest BCUT2D eigenvalue weighted by Gasteiger charge is -2.17. The summed E-state index contributed by atoms with van der Waals surface area (Å²) >= 11 is 0. The molecule has 0 spiro atoms. The van der Waals surface area contributed by atoms with Crippen molar-refractivity contribution >= 4 is 16.7 Å². The molecule has 0 saturated heterocycles. The van der Waals surface area contributed by atoms with Gasteiger partial charge in [-0.05, 0) is 18.1 Å². The fraction of sp³-hybridized carbons (Fsp3) is 0.333. The molecule has 18 heavy (non-hydrogen) atoms. The van der Waals surface area contributed by atoms with Crippen LogP contribution in [0, 0.1) is 11.8 Å². The van der Waals surface area contributed by atoms with Gasteiger partial charge in [-0.2, -0.15) is 0 Å². The summed E-state index contributed by atoms with van der Waals surface area (Å²) < 4.78 is 0. The molecule has 3 heteroatoms. The van der Waals surface area contributed by atoms with E-state index in [2.05, 4.69) is 4.98 Å². The Hall–Kier alpha value is -1.74. The molecular weight excluding hydrogens is 224 g/mol. The smallest absolute Gasteiger partial charge is 0.169 e. The van der Waals surface area contributed by atoms with Crippen molar-refractivity contribution in [3.63, 3.8) is 0 Å². The molecule has 3 nitrogen and oxygen atoms in total. The van der Waals surface area contributed by atoms with Crippen LogP contribution in [0.4, 0.5) is 0 Å². The van der Waals surface area contributed by atoms with Crippen LogP contribution in [0.15, 0.2) is 36.5 Å². The predicted octanol–water partition coefficient (Wildman–Crippen LogP) is 2.65. The van der Waals surface area contributed by atoms with E-state index < -0.39 is 0 Å². The van der Waals surface area contributed by atoms with Crippen LogP contribution in [0.5, 0.6) is 0 Å². The summed E-state index contributed by atoms with van der Waals surface area (Å²) in [5, 5.41) is 0.989. The van der Waals surface area contributed by atoms with Gasteiger partial charge in [0.05, 0.1) is 5.52 Å². The Bertz CT molecular complexity index is 563. The zero-order chi connectivity index (χ0) is 13.1. The Morgan fingerprint density at radius 1 is 1.33 bits per heavy atom. The topological polar surface area (TPSA) is 56.0 Å². The summed E-state index contributed by atoms with van der Waals surface area (Å²) in [5.74, 6) is 0.202. The number of carbonyl (C=O) groups excluding carboxylic acids is 1. The molecular formula is C15H18N2O. The molecule has 1 aromatic carbocycles. The molecule has 94 valence electrons. The van der Waals surface area contributed by atoms with E-state index in [9.17, 15) is 4.79 Å². The fourth-order valence-electron chi connectivity index (χ4n) is 2.10. The Balaban J connectivity index is 2.38. The number of hydrogen-bond acceptors (Lipinski definition) is 3. The molecule has 2 aromatic rings. The average molecular weight is 242 g/mol. The van der Waals surface area contributed by atoms with Gasteiger partial charge in [-0.25, -0.2) is 0 Å². The van der Waals surface area contributed by atoms with Crippen LogP contribution in [-0.4, -0.2) is 17.3 Å². The van der Waals surface area contributed by atoms with Gasteiger partial charge in [0.15, 0.2) is 5.78 Å². The molecule has 0 radical (unpaired) electrons. The van der Waals surface area contributed by atoms with Crippen LogP contribution in [0.1, 0.15) is 24.2 Å². The first-order chi connectivity index (χ1) is 8.63. The van der Waals surface area contributed by atoms with Gasteiger partial charge in [-0.3, -0.25) is 9.78 Å². The first-order valence-corrected chi connectivity index (χ1v) is 6.22. The second-order valence-electron chi connectivity index (χ2n) is 4.87. The highest BCUT2D eigenvalue weighted by atomic mass is 16.1. The molecule has 1 aromatic heterocycles. The van der Waals surface area contributed by atoms with Gasteiger partial charge in [0.1, 0.15) is 0 Å². The van der Waals surface area contributed by atoms with Crippen molar-refractivity contribution in [3.8, 4) is 0 Å². The van der Waals surface area contributed by atoms with E-state index >= 15 is 0 Å². The Kier molecular flexibility index (Phi) is 3.72. The standard InChI is InChI=1S/C15H18N2O/c1-10(2)13(8-16)15(18)12-7-11-5-3-4-6-14(11)17-9-12/h3-7,9-10,13H,8,16H2,1-2H3. The molecule has 0 saturated carbocycles. The SMILES string of the molecule is CC(C)C(CN)C(=O)c1cnc2ccccc2c1. The second kappa shape index (κ2) is 5.27. The number of ketones is 1. The number of pyridine rings is 1. The van der Waals surface area contributed by atoms with Gasteiger partial charge >= 0.3 is 0 Å². The Labute approximate surface area is 107 Å². The van der Waals surface area contributed by atoms with Crippen LogP contribution >= 0.6 is 0 Å². The molecule has 1 atom stereocenters. The summed E-state index contributed by atoms with van der Waals surface area (Å²) in [6, 6.07) is 9.68. The minimum absolute atomic E-state index is 0.0887. The third-order valence-corrected chi connectivity index (χ3v) is 3.27. The minimum Gasteiger partial charge on any atom is -0.330 e. The fourth-order valence-corrected chi connectivity index (χ4v) is 2.10. The number of aromatic nitrogens is 1. The monoisotopic (exact) mass is 242 g/mol. The van der Waals surface area contributed by atoms with Crippen LogP contribution < -0.4 is 5.73 Å². The van der Waals surface area contributed by atoms with Crippen molar-refractivity contribution in [2.24, 2.45) is 17.6 Å². The molecule has 2 rings (SSSR count). The molecule has 0 amide bonds. The molecule has 1 heterocycles. The van der Waals surface area contributed by atoms with E-state index in [-0.39, 0.29) is 17.6 Å². The maximum atomic E-state index is 12.3. The molecule has 0 aliphatic carbocycles. The maximum Gasteiger partial charge on any atom is 0.169 e. The van der Waals surface area contributed by atoms with Crippen molar-refractivity contribution in [2.45, 2.75) is 13.8 Å². The van der Waals surface area contributed by atoms with Crippen molar-refractivity contribution in [2.75, 3.05) is 6.54 Å². The lowest BCUT2D eigenvalue weighted by atomic mass is 9.88. The number of rotatable bonds is 4. The number of hydrogen-bond donors (Lipinski definition) is 1. The summed E-state index contributed by atoms with van der Waals surface area (Å²) in [6.45, 7) is 4.41. The van der Waals surface area contributed by atoms with Gasteiger partial charge in [-0.15, -0.1) is 0 Å². The number of Topliss-reactive ketones (excluding diaryl/α,β-unsaturated/α-hetero) is 1. The zero-order valence-corrected chi connectivity index (χ0v) is 10.8. The average Bonchev–Trinajstić information content (AvgIpc) is 2.38. The van der Waals surface area contributed by atoms with Gasteiger partial charge in [0.25, 0.3) is 0 Å². The summed E-state index contributed by atoms with van der Waals surface area (Å²) in [7, 11) is 0. The number of fused-ring (bicyclic) bond motifs is 1. The molecule has 0 fully saturated rings. The minimum atomic E-state index is -0.132. The highest BCUT2D eigenvalue weighted by molar-refractivity contribution is 6.00. The number of para-hydroxylation sites is 1. The summed E-state index contributed by atoms with van der Waals surface area (Å²) in [5.41, 5.74) is 7.24. The van der Waals surface area contributed by atoms with E-state index in [1.54, 1.807) is 6.20 Å². The lowest BCUT2D eigenvalue weighted by Crippen LogP contribution is -2.28. The van der Waals surface area contributed by atoms with Crippen molar-refractivity contribution in [1.82, 2.24) is 4.98 Å².